The molecule has 0 aromatic heterocycles. The third-order valence-electron chi connectivity index (χ3n) is 3.26. The van der Waals surface area contributed by atoms with Crippen LogP contribution in [0.25, 0.3) is 0 Å². The van der Waals surface area contributed by atoms with Gasteiger partial charge in [-0.25, -0.2) is 0 Å². The van der Waals surface area contributed by atoms with E-state index in [9.17, 15) is 0 Å². The topological polar surface area (TPSA) is 6.02 Å². The Bertz CT molecular complexity index is 189. The maximum Gasteiger partial charge on any atom is 0.0464 e. The van der Waals surface area contributed by atoms with Crippen LogP contribution < -0.4 is 0 Å². The van der Waals surface area contributed by atoms with Crippen LogP contribution in [0.3, 0.4) is 0 Å². The Labute approximate surface area is 61.1 Å². The zero-order chi connectivity index (χ0) is 6.88. The Morgan fingerprint density at radius 2 is 1.30 bits per heavy atom. The van der Waals surface area contributed by atoms with Gasteiger partial charge in [0.05, 0.1) is 0 Å². The first-order chi connectivity index (χ1) is 4.80. The van der Waals surface area contributed by atoms with Crippen molar-refractivity contribution in [3.05, 3.63) is 12.2 Å². The third kappa shape index (κ3) is 0.414. The summed E-state index contributed by atoms with van der Waals surface area (Å²) in [5, 5.41) is 0. The van der Waals surface area contributed by atoms with Gasteiger partial charge < -0.3 is 0 Å². The molecule has 1 aliphatic carbocycles. The SMILES string of the molecule is CN1[C@H]2[C@@H]3[C@H](C=C[C@H]21)N3C. The smallest absolute Gasteiger partial charge is 0.0464 e. The summed E-state index contributed by atoms with van der Waals surface area (Å²) in [6, 6.07) is 3.29. The summed E-state index contributed by atoms with van der Waals surface area (Å²) in [4.78, 5) is 4.90. The molecule has 2 aliphatic heterocycles. The normalized spacial score (nSPS) is 68.6. The molecule has 0 aromatic carbocycles. The van der Waals surface area contributed by atoms with E-state index in [2.05, 4.69) is 36.0 Å². The van der Waals surface area contributed by atoms with E-state index in [0.29, 0.717) is 0 Å². The maximum absolute atomic E-state index is 2.45. The first-order valence-corrected chi connectivity index (χ1v) is 3.93. The van der Waals surface area contributed by atoms with Crippen LogP contribution in [0.5, 0.6) is 0 Å². The minimum Gasteiger partial charge on any atom is -0.292 e. The van der Waals surface area contributed by atoms with Gasteiger partial charge in [0.1, 0.15) is 0 Å². The van der Waals surface area contributed by atoms with Gasteiger partial charge in [-0.15, -0.1) is 0 Å². The van der Waals surface area contributed by atoms with Crippen LogP contribution in [0.15, 0.2) is 12.2 Å². The lowest BCUT2D eigenvalue weighted by Gasteiger charge is -1.91. The average molecular weight is 136 g/mol. The lowest BCUT2D eigenvalue weighted by atomic mass is 10.1. The van der Waals surface area contributed by atoms with Gasteiger partial charge in [0.15, 0.2) is 0 Å². The highest BCUT2D eigenvalue weighted by atomic mass is 15.5. The van der Waals surface area contributed by atoms with Crippen LogP contribution in [-0.4, -0.2) is 48.1 Å². The van der Waals surface area contributed by atoms with Gasteiger partial charge >= 0.3 is 0 Å². The van der Waals surface area contributed by atoms with Gasteiger partial charge in [-0.05, 0) is 14.1 Å². The summed E-state index contributed by atoms with van der Waals surface area (Å²) in [6.07, 6.45) is 4.71. The van der Waals surface area contributed by atoms with Crippen molar-refractivity contribution < 1.29 is 0 Å². The van der Waals surface area contributed by atoms with Crippen LogP contribution in [0.4, 0.5) is 0 Å². The van der Waals surface area contributed by atoms with Crippen molar-refractivity contribution in [2.24, 2.45) is 0 Å². The molecule has 0 saturated carbocycles. The molecule has 2 saturated heterocycles. The molecule has 2 heteroatoms. The fraction of sp³-hybridized carbons (Fsp3) is 0.750. The Hall–Kier alpha value is -0.340. The molecule has 0 radical (unpaired) electrons. The summed E-state index contributed by atoms with van der Waals surface area (Å²) >= 11 is 0. The molecule has 2 unspecified atom stereocenters. The van der Waals surface area contributed by atoms with Gasteiger partial charge in [0.2, 0.25) is 0 Å². The van der Waals surface area contributed by atoms with E-state index >= 15 is 0 Å². The predicted molar refractivity (Wildman–Crippen MR) is 39.8 cm³/mol. The van der Waals surface area contributed by atoms with Crippen LogP contribution >= 0.6 is 0 Å². The molecule has 10 heavy (non-hydrogen) atoms. The molecule has 2 nitrogen and oxygen atoms in total. The fourth-order valence-electron chi connectivity index (χ4n) is 2.39. The van der Waals surface area contributed by atoms with E-state index in [0.717, 1.165) is 24.2 Å². The van der Waals surface area contributed by atoms with E-state index in [1.54, 1.807) is 0 Å². The van der Waals surface area contributed by atoms with Crippen molar-refractivity contribution in [2.45, 2.75) is 24.2 Å². The van der Waals surface area contributed by atoms with E-state index in [1.165, 1.54) is 0 Å². The van der Waals surface area contributed by atoms with Gasteiger partial charge in [-0.3, -0.25) is 9.80 Å². The first kappa shape index (κ1) is 5.33. The van der Waals surface area contributed by atoms with Crippen molar-refractivity contribution in [2.75, 3.05) is 14.1 Å². The lowest BCUT2D eigenvalue weighted by Crippen LogP contribution is -2.09. The second-order valence-corrected chi connectivity index (χ2v) is 3.68. The molecule has 0 spiro atoms. The molecule has 0 aromatic rings. The number of rotatable bonds is 0. The van der Waals surface area contributed by atoms with Crippen molar-refractivity contribution >= 4 is 0 Å². The Morgan fingerprint density at radius 3 is 1.70 bits per heavy atom. The fourth-order valence-corrected chi connectivity index (χ4v) is 2.39. The van der Waals surface area contributed by atoms with Gasteiger partial charge in [0, 0.05) is 24.2 Å². The molecular formula is C8H12N2. The molecule has 54 valence electrons. The highest BCUT2D eigenvalue weighted by molar-refractivity contribution is 5.33. The van der Waals surface area contributed by atoms with Crippen molar-refractivity contribution in [1.82, 2.24) is 9.80 Å². The molecule has 0 amide bonds. The van der Waals surface area contributed by atoms with E-state index in [1.807, 2.05) is 0 Å². The molecule has 3 aliphatic rings. The quantitative estimate of drug-likeness (QED) is 0.339. The van der Waals surface area contributed by atoms with Gasteiger partial charge in [0.25, 0.3) is 0 Å². The van der Waals surface area contributed by atoms with Crippen molar-refractivity contribution in [3.63, 3.8) is 0 Å². The van der Waals surface area contributed by atoms with E-state index < -0.39 is 0 Å². The summed E-state index contributed by atoms with van der Waals surface area (Å²) < 4.78 is 0. The molecule has 2 fully saturated rings. The van der Waals surface area contributed by atoms with Crippen LogP contribution in [0.1, 0.15) is 0 Å². The Morgan fingerprint density at radius 1 is 0.900 bits per heavy atom. The standard InChI is InChI=1S/C8H12N2/c1-9-5-3-4-6-8(7(5)9)10(6)2/h3-8H,1-2H3/t5-,6+,7-,8+,9?,10?. The summed E-state index contributed by atoms with van der Waals surface area (Å²) in [5.74, 6) is 0. The third-order valence-corrected chi connectivity index (χ3v) is 3.26. The van der Waals surface area contributed by atoms with Gasteiger partial charge in [-0.2, -0.15) is 0 Å². The minimum absolute atomic E-state index is 0.784. The zero-order valence-electron chi connectivity index (χ0n) is 6.36. The second kappa shape index (κ2) is 1.31. The number of fused-ring (bicyclic) bond motifs is 3. The summed E-state index contributed by atoms with van der Waals surface area (Å²) in [6.45, 7) is 0. The molecule has 6 atom stereocenters. The van der Waals surface area contributed by atoms with E-state index in [4.69, 9.17) is 0 Å². The van der Waals surface area contributed by atoms with Crippen molar-refractivity contribution in [1.29, 1.82) is 0 Å². The highest BCUT2D eigenvalue weighted by Gasteiger charge is 2.62. The summed E-state index contributed by atoms with van der Waals surface area (Å²) in [7, 11) is 4.43. The maximum atomic E-state index is 2.45. The number of hydrogen-bond donors (Lipinski definition) is 0. The largest absolute Gasteiger partial charge is 0.292 e. The average Bonchev–Trinajstić information content (AvgIpc) is 2.76. The highest BCUT2D eigenvalue weighted by Crippen LogP contribution is 2.46. The Kier molecular flexibility index (Phi) is 0.701. The number of hydrogen-bond acceptors (Lipinski definition) is 2. The van der Waals surface area contributed by atoms with Crippen molar-refractivity contribution in [3.8, 4) is 0 Å². The summed E-state index contributed by atoms with van der Waals surface area (Å²) in [5.41, 5.74) is 0. The lowest BCUT2D eigenvalue weighted by molar-refractivity contribution is 0.529. The molecular weight excluding hydrogens is 124 g/mol. The second-order valence-electron chi connectivity index (χ2n) is 3.68. The molecule has 0 N–H and O–H groups in total. The van der Waals surface area contributed by atoms with Crippen LogP contribution in [0, 0.1) is 0 Å². The Balaban J connectivity index is 1.93. The first-order valence-electron chi connectivity index (χ1n) is 3.93. The molecule has 3 rings (SSSR count). The van der Waals surface area contributed by atoms with Gasteiger partial charge in [-0.1, -0.05) is 12.2 Å². The molecule has 0 bridgehead atoms. The van der Waals surface area contributed by atoms with Crippen LogP contribution in [-0.2, 0) is 0 Å². The van der Waals surface area contributed by atoms with Crippen LogP contribution in [0.2, 0.25) is 0 Å². The minimum atomic E-state index is 0.784. The number of nitrogens with zero attached hydrogens (tertiary/aromatic N) is 2. The van der Waals surface area contributed by atoms with E-state index in [-0.39, 0.29) is 0 Å². The monoisotopic (exact) mass is 136 g/mol. The molecule has 2 heterocycles. The zero-order valence-corrected chi connectivity index (χ0v) is 6.36. The number of likely N-dealkylation sites (N-methyl/N-ethyl adjacent to an activating group) is 2. The predicted octanol–water partition coefficient (Wildman–Crippen LogP) is -0.0786.